The number of carbonyl (C=O) groups is 1. The Balaban J connectivity index is 1.59. The molecule has 1 amide bonds. The minimum Gasteiger partial charge on any atom is -0.355 e. The number of nitrogens with zero attached hydrogens (tertiary/aromatic N) is 1. The molecule has 0 bridgehead atoms. The molecule has 2 heterocycles. The molecule has 0 aromatic carbocycles. The molecule has 2 aliphatic heterocycles. The number of carbonyl (C=O) groups excluding carboxylic acids is 1. The second-order valence-corrected chi connectivity index (χ2v) is 5.12. The van der Waals surface area contributed by atoms with Crippen molar-refractivity contribution in [1.82, 2.24) is 15.5 Å². The molecule has 4 nitrogen and oxygen atoms in total. The lowest BCUT2D eigenvalue weighted by Crippen LogP contribution is -2.46. The average molecular weight is 225 g/mol. The second kappa shape index (κ2) is 5.64. The Morgan fingerprint density at radius 2 is 2.12 bits per heavy atom. The van der Waals surface area contributed by atoms with E-state index < -0.39 is 0 Å². The number of nitrogens with one attached hydrogen (secondary N) is 2. The smallest absolute Gasteiger partial charge is 0.220 e. The fourth-order valence-electron chi connectivity index (χ4n) is 2.40. The van der Waals surface area contributed by atoms with E-state index in [9.17, 15) is 4.79 Å². The number of amides is 1. The van der Waals surface area contributed by atoms with Gasteiger partial charge < -0.3 is 10.6 Å². The van der Waals surface area contributed by atoms with Crippen LogP contribution in [-0.2, 0) is 4.79 Å². The molecule has 0 aliphatic carbocycles. The molecule has 0 saturated carbocycles. The Bertz CT molecular complexity index is 234. The monoisotopic (exact) mass is 225 g/mol. The Hall–Kier alpha value is -0.610. The standard InChI is InChI=1S/C12H23N3O/c1-10(15-4-2-3-5-15)7-14-12(16)6-11-8-13-9-11/h10-11,13H,2-9H2,1H3,(H,14,16). The summed E-state index contributed by atoms with van der Waals surface area (Å²) in [5, 5.41) is 6.24. The van der Waals surface area contributed by atoms with E-state index in [4.69, 9.17) is 0 Å². The number of rotatable bonds is 5. The largest absolute Gasteiger partial charge is 0.355 e. The van der Waals surface area contributed by atoms with Gasteiger partial charge in [0.15, 0.2) is 0 Å². The maximum absolute atomic E-state index is 11.6. The topological polar surface area (TPSA) is 44.4 Å². The predicted octanol–water partition coefficient (Wildman–Crippen LogP) is 0.196. The van der Waals surface area contributed by atoms with Crippen LogP contribution in [0.3, 0.4) is 0 Å². The Morgan fingerprint density at radius 3 is 2.69 bits per heavy atom. The summed E-state index contributed by atoms with van der Waals surface area (Å²) < 4.78 is 0. The van der Waals surface area contributed by atoms with Crippen LogP contribution in [0.4, 0.5) is 0 Å². The molecular formula is C12H23N3O. The molecule has 2 rings (SSSR count). The first-order valence-electron chi connectivity index (χ1n) is 6.47. The van der Waals surface area contributed by atoms with Crippen LogP contribution < -0.4 is 10.6 Å². The van der Waals surface area contributed by atoms with Gasteiger partial charge in [0.2, 0.25) is 5.91 Å². The Labute approximate surface area is 97.8 Å². The minimum atomic E-state index is 0.220. The van der Waals surface area contributed by atoms with Crippen molar-refractivity contribution in [3.05, 3.63) is 0 Å². The third-order valence-electron chi connectivity index (χ3n) is 3.70. The zero-order chi connectivity index (χ0) is 11.4. The summed E-state index contributed by atoms with van der Waals surface area (Å²) >= 11 is 0. The molecule has 2 aliphatic rings. The van der Waals surface area contributed by atoms with Crippen molar-refractivity contribution in [2.75, 3.05) is 32.7 Å². The lowest BCUT2D eigenvalue weighted by atomic mass is 9.99. The summed E-state index contributed by atoms with van der Waals surface area (Å²) in [5.74, 6) is 0.791. The minimum absolute atomic E-state index is 0.220. The van der Waals surface area contributed by atoms with Gasteiger partial charge in [0.25, 0.3) is 0 Å². The summed E-state index contributed by atoms with van der Waals surface area (Å²) in [6.07, 6.45) is 3.32. The average Bonchev–Trinajstić information content (AvgIpc) is 2.73. The number of hydrogen-bond donors (Lipinski definition) is 2. The highest BCUT2D eigenvalue weighted by Gasteiger charge is 2.21. The fourth-order valence-corrected chi connectivity index (χ4v) is 2.40. The Morgan fingerprint density at radius 1 is 1.44 bits per heavy atom. The molecule has 1 atom stereocenters. The van der Waals surface area contributed by atoms with E-state index in [-0.39, 0.29) is 5.91 Å². The molecule has 0 radical (unpaired) electrons. The van der Waals surface area contributed by atoms with E-state index in [0.717, 1.165) is 19.6 Å². The van der Waals surface area contributed by atoms with Crippen LogP contribution in [0, 0.1) is 5.92 Å². The van der Waals surface area contributed by atoms with E-state index in [0.29, 0.717) is 18.4 Å². The van der Waals surface area contributed by atoms with E-state index in [2.05, 4.69) is 22.5 Å². The summed E-state index contributed by atoms with van der Waals surface area (Å²) in [7, 11) is 0. The molecule has 0 aromatic heterocycles. The van der Waals surface area contributed by atoms with Gasteiger partial charge in [0, 0.05) is 19.0 Å². The van der Waals surface area contributed by atoms with Crippen LogP contribution in [0.5, 0.6) is 0 Å². The summed E-state index contributed by atoms with van der Waals surface area (Å²) in [4.78, 5) is 14.1. The van der Waals surface area contributed by atoms with Gasteiger partial charge in [0.05, 0.1) is 0 Å². The summed E-state index contributed by atoms with van der Waals surface area (Å²) in [6, 6.07) is 0.492. The molecule has 2 N–H and O–H groups in total. The van der Waals surface area contributed by atoms with E-state index in [1.165, 1.54) is 25.9 Å². The molecule has 0 aromatic rings. The van der Waals surface area contributed by atoms with Crippen LogP contribution in [0.25, 0.3) is 0 Å². The van der Waals surface area contributed by atoms with Crippen molar-refractivity contribution in [2.45, 2.75) is 32.2 Å². The lowest BCUT2D eigenvalue weighted by molar-refractivity contribution is -0.122. The third kappa shape index (κ3) is 3.19. The van der Waals surface area contributed by atoms with Gasteiger partial charge in [-0.1, -0.05) is 0 Å². The number of hydrogen-bond acceptors (Lipinski definition) is 3. The van der Waals surface area contributed by atoms with Crippen molar-refractivity contribution < 1.29 is 4.79 Å². The van der Waals surface area contributed by atoms with E-state index in [1.54, 1.807) is 0 Å². The summed E-state index contributed by atoms with van der Waals surface area (Å²) in [6.45, 7) is 7.42. The first-order valence-corrected chi connectivity index (χ1v) is 6.47. The maximum Gasteiger partial charge on any atom is 0.220 e. The third-order valence-corrected chi connectivity index (χ3v) is 3.70. The van der Waals surface area contributed by atoms with E-state index >= 15 is 0 Å². The van der Waals surface area contributed by atoms with Crippen molar-refractivity contribution in [3.63, 3.8) is 0 Å². The van der Waals surface area contributed by atoms with Crippen molar-refractivity contribution in [1.29, 1.82) is 0 Å². The van der Waals surface area contributed by atoms with E-state index in [1.807, 2.05) is 0 Å². The van der Waals surface area contributed by atoms with Gasteiger partial charge in [-0.3, -0.25) is 9.69 Å². The first kappa shape index (κ1) is 11.9. The maximum atomic E-state index is 11.6. The second-order valence-electron chi connectivity index (χ2n) is 5.12. The molecular weight excluding hydrogens is 202 g/mol. The molecule has 0 spiro atoms. The quantitative estimate of drug-likeness (QED) is 0.702. The van der Waals surface area contributed by atoms with Gasteiger partial charge in [-0.25, -0.2) is 0 Å². The number of likely N-dealkylation sites (tertiary alicyclic amines) is 1. The molecule has 2 fully saturated rings. The van der Waals surface area contributed by atoms with Gasteiger partial charge in [-0.05, 0) is 51.9 Å². The molecule has 16 heavy (non-hydrogen) atoms. The van der Waals surface area contributed by atoms with Gasteiger partial charge in [-0.15, -0.1) is 0 Å². The fraction of sp³-hybridized carbons (Fsp3) is 0.917. The van der Waals surface area contributed by atoms with Crippen molar-refractivity contribution in [2.24, 2.45) is 5.92 Å². The van der Waals surface area contributed by atoms with Gasteiger partial charge in [-0.2, -0.15) is 0 Å². The zero-order valence-corrected chi connectivity index (χ0v) is 10.2. The van der Waals surface area contributed by atoms with Gasteiger partial charge >= 0.3 is 0 Å². The van der Waals surface area contributed by atoms with Crippen LogP contribution in [0.15, 0.2) is 0 Å². The highest BCUT2D eigenvalue weighted by Crippen LogP contribution is 2.11. The molecule has 1 unspecified atom stereocenters. The van der Waals surface area contributed by atoms with Crippen LogP contribution in [-0.4, -0.2) is 49.6 Å². The first-order chi connectivity index (χ1) is 7.75. The zero-order valence-electron chi connectivity index (χ0n) is 10.2. The molecule has 92 valence electrons. The van der Waals surface area contributed by atoms with Gasteiger partial charge in [0.1, 0.15) is 0 Å². The predicted molar refractivity (Wildman–Crippen MR) is 64.3 cm³/mol. The van der Waals surface area contributed by atoms with Crippen LogP contribution in [0.2, 0.25) is 0 Å². The van der Waals surface area contributed by atoms with Crippen molar-refractivity contribution in [3.8, 4) is 0 Å². The lowest BCUT2D eigenvalue weighted by Gasteiger charge is -2.27. The van der Waals surface area contributed by atoms with Crippen LogP contribution in [0.1, 0.15) is 26.2 Å². The SMILES string of the molecule is CC(CNC(=O)CC1CNC1)N1CCCC1. The Kier molecular flexibility index (Phi) is 4.18. The highest BCUT2D eigenvalue weighted by molar-refractivity contribution is 5.76. The normalized spacial score (nSPS) is 24.1. The summed E-state index contributed by atoms with van der Waals surface area (Å²) in [5.41, 5.74) is 0. The van der Waals surface area contributed by atoms with Crippen molar-refractivity contribution >= 4 is 5.91 Å². The molecule has 2 saturated heterocycles. The highest BCUT2D eigenvalue weighted by atomic mass is 16.1. The van der Waals surface area contributed by atoms with Crippen LogP contribution >= 0.6 is 0 Å². The molecule has 4 heteroatoms.